The summed E-state index contributed by atoms with van der Waals surface area (Å²) in [4.78, 5) is 11.0. The number of aryl methyl sites for hydroxylation is 1. The molecule has 0 saturated carbocycles. The number of nitrogens with zero attached hydrogens (tertiary/aromatic N) is 2. The van der Waals surface area contributed by atoms with E-state index < -0.39 is 5.97 Å². The lowest BCUT2D eigenvalue weighted by molar-refractivity contribution is -0.0000193. The van der Waals surface area contributed by atoms with E-state index in [0.29, 0.717) is 45.3 Å². The van der Waals surface area contributed by atoms with E-state index >= 15 is 0 Å². The first-order valence-electron chi connectivity index (χ1n) is 6.63. The van der Waals surface area contributed by atoms with Gasteiger partial charge in [-0.2, -0.15) is 5.10 Å². The monoisotopic (exact) mass is 302 g/mol. The number of methoxy groups -OCH3 is 1. The summed E-state index contributed by atoms with van der Waals surface area (Å²) in [7, 11) is 3.30. The van der Waals surface area contributed by atoms with Crippen LogP contribution in [0.3, 0.4) is 0 Å². The minimum atomic E-state index is -1.01. The summed E-state index contributed by atoms with van der Waals surface area (Å²) in [5.74, 6) is -1.01. The zero-order valence-corrected chi connectivity index (χ0v) is 12.4. The number of aromatic nitrogens is 2. The highest BCUT2D eigenvalue weighted by Crippen LogP contribution is 2.08. The largest absolute Gasteiger partial charge is 0.478 e. The van der Waals surface area contributed by atoms with E-state index in [1.807, 2.05) is 0 Å². The van der Waals surface area contributed by atoms with Crippen LogP contribution in [0, 0.1) is 0 Å². The van der Waals surface area contributed by atoms with Crippen LogP contribution < -0.4 is 0 Å². The molecule has 1 N–H and O–H groups in total. The van der Waals surface area contributed by atoms with Gasteiger partial charge in [-0.05, 0) is 0 Å². The number of hydrogen-bond donors (Lipinski definition) is 1. The second-order valence-electron chi connectivity index (χ2n) is 4.20. The number of carboxylic acid groups (broad SMARTS) is 1. The molecule has 8 nitrogen and oxygen atoms in total. The van der Waals surface area contributed by atoms with E-state index in [9.17, 15) is 4.79 Å². The Balaban J connectivity index is 2.07. The van der Waals surface area contributed by atoms with E-state index in [4.69, 9.17) is 24.1 Å². The highest BCUT2D eigenvalue weighted by Gasteiger charge is 2.14. The topological polar surface area (TPSA) is 92.0 Å². The van der Waals surface area contributed by atoms with Crippen LogP contribution in [0.5, 0.6) is 0 Å². The maximum atomic E-state index is 11.0. The average molecular weight is 302 g/mol. The van der Waals surface area contributed by atoms with Crippen molar-refractivity contribution in [2.75, 3.05) is 46.8 Å². The normalized spacial score (nSPS) is 11.0. The minimum Gasteiger partial charge on any atom is -0.478 e. The summed E-state index contributed by atoms with van der Waals surface area (Å²) in [5, 5.41) is 12.9. The van der Waals surface area contributed by atoms with E-state index in [-0.39, 0.29) is 12.2 Å². The number of hydrogen-bond acceptors (Lipinski definition) is 6. The Hall–Kier alpha value is -1.48. The van der Waals surface area contributed by atoms with Crippen molar-refractivity contribution in [3.63, 3.8) is 0 Å². The van der Waals surface area contributed by atoms with Gasteiger partial charge in [-0.3, -0.25) is 4.68 Å². The molecule has 1 aromatic heterocycles. The van der Waals surface area contributed by atoms with Crippen LogP contribution in [0.4, 0.5) is 0 Å². The molecule has 1 rings (SSSR count). The zero-order valence-electron chi connectivity index (χ0n) is 12.4. The summed E-state index contributed by atoms with van der Waals surface area (Å²) >= 11 is 0. The minimum absolute atomic E-state index is 0.157. The molecular formula is C13H22N2O6. The van der Waals surface area contributed by atoms with Crippen molar-refractivity contribution in [3.05, 3.63) is 17.5 Å². The predicted molar refractivity (Wildman–Crippen MR) is 73.3 cm³/mol. The smallest absolute Gasteiger partial charge is 0.339 e. The Morgan fingerprint density at radius 1 is 1.14 bits per heavy atom. The van der Waals surface area contributed by atoms with Gasteiger partial charge >= 0.3 is 5.97 Å². The Morgan fingerprint density at radius 2 is 1.71 bits per heavy atom. The summed E-state index contributed by atoms with van der Waals surface area (Å²) in [6.07, 6.45) is 1.31. The van der Waals surface area contributed by atoms with Gasteiger partial charge < -0.3 is 24.1 Å². The van der Waals surface area contributed by atoms with Gasteiger partial charge in [0.15, 0.2) is 0 Å². The van der Waals surface area contributed by atoms with E-state index in [1.165, 1.54) is 10.9 Å². The molecule has 0 spiro atoms. The van der Waals surface area contributed by atoms with Gasteiger partial charge in [0.2, 0.25) is 0 Å². The van der Waals surface area contributed by atoms with Crippen molar-refractivity contribution in [2.24, 2.45) is 7.05 Å². The fraction of sp³-hybridized carbons (Fsp3) is 0.692. The van der Waals surface area contributed by atoms with Crippen LogP contribution in [-0.2, 0) is 32.6 Å². The summed E-state index contributed by atoms with van der Waals surface area (Å²) in [6.45, 7) is 3.10. The molecule has 0 aliphatic carbocycles. The Bertz CT molecular complexity index is 421. The molecule has 0 aliphatic heterocycles. The fourth-order valence-corrected chi connectivity index (χ4v) is 1.56. The van der Waals surface area contributed by atoms with Crippen LogP contribution in [0.25, 0.3) is 0 Å². The molecule has 0 aliphatic rings. The van der Waals surface area contributed by atoms with Crippen molar-refractivity contribution < 1.29 is 28.8 Å². The van der Waals surface area contributed by atoms with Gasteiger partial charge in [0.25, 0.3) is 0 Å². The predicted octanol–water partition coefficient (Wildman–Crippen LogP) is 0.315. The van der Waals surface area contributed by atoms with Gasteiger partial charge in [-0.1, -0.05) is 0 Å². The third-order valence-electron chi connectivity index (χ3n) is 2.71. The van der Waals surface area contributed by atoms with Crippen LogP contribution in [-0.4, -0.2) is 67.6 Å². The molecule has 0 amide bonds. The van der Waals surface area contributed by atoms with Gasteiger partial charge in [0.1, 0.15) is 5.56 Å². The number of ether oxygens (including phenoxy) is 4. The second-order valence-corrected chi connectivity index (χ2v) is 4.20. The third kappa shape index (κ3) is 6.67. The molecule has 0 bridgehead atoms. The lowest BCUT2D eigenvalue weighted by atomic mass is 10.2. The Morgan fingerprint density at radius 3 is 2.29 bits per heavy atom. The third-order valence-corrected chi connectivity index (χ3v) is 2.71. The zero-order chi connectivity index (χ0) is 15.5. The first kappa shape index (κ1) is 17.6. The van der Waals surface area contributed by atoms with Gasteiger partial charge in [0, 0.05) is 14.2 Å². The van der Waals surface area contributed by atoms with Crippen LogP contribution in [0.15, 0.2) is 6.20 Å². The Labute approximate surface area is 123 Å². The van der Waals surface area contributed by atoms with Crippen LogP contribution >= 0.6 is 0 Å². The summed E-state index contributed by atoms with van der Waals surface area (Å²) in [6, 6.07) is 0. The number of rotatable bonds is 12. The SMILES string of the molecule is COCCOCCOCCOCc1c(C(=O)O)cnn1C. The average Bonchev–Trinajstić information content (AvgIpc) is 2.82. The standard InChI is InChI=1S/C13H22N2O6/c1-15-12(11(9-14-15)13(16)17)10-21-8-7-20-6-5-19-4-3-18-2/h9H,3-8,10H2,1-2H3,(H,16,17). The number of carboxylic acids is 1. The molecule has 0 saturated heterocycles. The van der Waals surface area contributed by atoms with Crippen molar-refractivity contribution in [3.8, 4) is 0 Å². The molecule has 0 radical (unpaired) electrons. The quantitative estimate of drug-likeness (QED) is 0.556. The molecule has 0 atom stereocenters. The molecule has 1 aromatic rings. The maximum absolute atomic E-state index is 11.0. The molecule has 120 valence electrons. The lowest BCUT2D eigenvalue weighted by Crippen LogP contribution is -2.12. The van der Waals surface area contributed by atoms with Crippen LogP contribution in [0.1, 0.15) is 16.1 Å². The molecule has 1 heterocycles. The lowest BCUT2D eigenvalue weighted by Gasteiger charge is -2.07. The van der Waals surface area contributed by atoms with Crippen molar-refractivity contribution >= 4 is 5.97 Å². The van der Waals surface area contributed by atoms with Crippen molar-refractivity contribution in [2.45, 2.75) is 6.61 Å². The van der Waals surface area contributed by atoms with Gasteiger partial charge in [-0.15, -0.1) is 0 Å². The maximum Gasteiger partial charge on any atom is 0.339 e. The highest BCUT2D eigenvalue weighted by atomic mass is 16.6. The van der Waals surface area contributed by atoms with Crippen molar-refractivity contribution in [1.29, 1.82) is 0 Å². The van der Waals surface area contributed by atoms with E-state index in [2.05, 4.69) is 5.10 Å². The van der Waals surface area contributed by atoms with E-state index in [1.54, 1.807) is 14.2 Å². The molecule has 8 heteroatoms. The molecule has 0 aromatic carbocycles. The van der Waals surface area contributed by atoms with Gasteiger partial charge in [-0.25, -0.2) is 4.79 Å². The van der Waals surface area contributed by atoms with Crippen molar-refractivity contribution in [1.82, 2.24) is 9.78 Å². The highest BCUT2D eigenvalue weighted by molar-refractivity contribution is 5.88. The second kappa shape index (κ2) is 10.3. The van der Waals surface area contributed by atoms with Gasteiger partial charge in [0.05, 0.1) is 58.1 Å². The van der Waals surface area contributed by atoms with E-state index in [0.717, 1.165) is 0 Å². The van der Waals surface area contributed by atoms with Crippen LogP contribution in [0.2, 0.25) is 0 Å². The summed E-state index contributed by atoms with van der Waals surface area (Å²) in [5.41, 5.74) is 0.690. The molecule has 21 heavy (non-hydrogen) atoms. The first-order chi connectivity index (χ1) is 10.2. The fourth-order valence-electron chi connectivity index (χ4n) is 1.56. The molecule has 0 unspecified atom stereocenters. The summed E-state index contributed by atoms with van der Waals surface area (Å²) < 4.78 is 22.3. The first-order valence-corrected chi connectivity index (χ1v) is 6.63. The number of aromatic carboxylic acids is 1. The molecule has 0 fully saturated rings. The number of carbonyl (C=O) groups is 1. The Kier molecular flexibility index (Phi) is 8.60. The molecular weight excluding hydrogens is 280 g/mol.